The molecule has 1 aliphatic heterocycles. The Bertz CT molecular complexity index is 359. The van der Waals surface area contributed by atoms with Gasteiger partial charge in [-0.25, -0.2) is 0 Å². The van der Waals surface area contributed by atoms with Gasteiger partial charge in [0.05, 0.1) is 11.6 Å². The van der Waals surface area contributed by atoms with Crippen LogP contribution in [0.4, 0.5) is 0 Å². The van der Waals surface area contributed by atoms with Crippen molar-refractivity contribution in [3.8, 4) is 5.75 Å². The predicted octanol–water partition coefficient (Wildman–Crippen LogP) is 2.84. The van der Waals surface area contributed by atoms with Gasteiger partial charge in [0.2, 0.25) is 0 Å². The van der Waals surface area contributed by atoms with E-state index in [1.54, 1.807) is 7.11 Å². The SMILES string of the molecule is COc1ccc(C)c(C2CCNC2)c1Br. The molecule has 1 unspecified atom stereocenters. The van der Waals surface area contributed by atoms with E-state index in [-0.39, 0.29) is 0 Å². The van der Waals surface area contributed by atoms with E-state index in [2.05, 4.69) is 34.2 Å². The zero-order chi connectivity index (χ0) is 10.8. The fourth-order valence-electron chi connectivity index (χ4n) is 2.23. The molecular weight excluding hydrogens is 254 g/mol. The summed E-state index contributed by atoms with van der Waals surface area (Å²) in [6, 6.07) is 4.16. The minimum Gasteiger partial charge on any atom is -0.496 e. The van der Waals surface area contributed by atoms with Gasteiger partial charge in [0.1, 0.15) is 5.75 Å². The van der Waals surface area contributed by atoms with Crippen LogP contribution in [0.1, 0.15) is 23.5 Å². The second kappa shape index (κ2) is 4.54. The highest BCUT2D eigenvalue weighted by atomic mass is 79.9. The van der Waals surface area contributed by atoms with E-state index in [4.69, 9.17) is 4.74 Å². The number of nitrogens with one attached hydrogen (secondary N) is 1. The average Bonchev–Trinajstić information content (AvgIpc) is 2.71. The lowest BCUT2D eigenvalue weighted by molar-refractivity contribution is 0.411. The lowest BCUT2D eigenvalue weighted by atomic mass is 9.94. The Morgan fingerprint density at radius 1 is 1.47 bits per heavy atom. The third-order valence-corrected chi connectivity index (χ3v) is 3.87. The second-order valence-corrected chi connectivity index (χ2v) is 4.80. The smallest absolute Gasteiger partial charge is 0.133 e. The highest BCUT2D eigenvalue weighted by molar-refractivity contribution is 9.10. The van der Waals surface area contributed by atoms with Crippen molar-refractivity contribution < 1.29 is 4.74 Å². The van der Waals surface area contributed by atoms with E-state index in [9.17, 15) is 0 Å². The zero-order valence-electron chi connectivity index (χ0n) is 9.14. The summed E-state index contributed by atoms with van der Waals surface area (Å²) in [5, 5.41) is 3.40. The number of rotatable bonds is 2. The molecule has 0 aliphatic carbocycles. The Morgan fingerprint density at radius 3 is 2.87 bits per heavy atom. The number of halogens is 1. The second-order valence-electron chi connectivity index (χ2n) is 4.00. The van der Waals surface area contributed by atoms with Crippen molar-refractivity contribution in [3.05, 3.63) is 27.7 Å². The van der Waals surface area contributed by atoms with E-state index >= 15 is 0 Å². The third kappa shape index (κ3) is 2.04. The van der Waals surface area contributed by atoms with Crippen LogP contribution in [-0.4, -0.2) is 20.2 Å². The van der Waals surface area contributed by atoms with Crippen molar-refractivity contribution in [3.63, 3.8) is 0 Å². The Labute approximate surface area is 99.1 Å². The minimum absolute atomic E-state index is 0.620. The van der Waals surface area contributed by atoms with Gasteiger partial charge in [-0.2, -0.15) is 0 Å². The van der Waals surface area contributed by atoms with Crippen molar-refractivity contribution in [1.29, 1.82) is 0 Å². The molecule has 2 rings (SSSR count). The molecule has 1 aromatic carbocycles. The molecule has 0 spiro atoms. The first-order valence-electron chi connectivity index (χ1n) is 5.27. The van der Waals surface area contributed by atoms with Gasteiger partial charge in [-0.05, 0) is 58.9 Å². The van der Waals surface area contributed by atoms with Crippen molar-refractivity contribution in [1.82, 2.24) is 5.32 Å². The van der Waals surface area contributed by atoms with E-state index in [0.29, 0.717) is 5.92 Å². The summed E-state index contributed by atoms with van der Waals surface area (Å²) in [6.45, 7) is 4.36. The molecule has 1 heterocycles. The van der Waals surface area contributed by atoms with Crippen molar-refractivity contribution in [2.45, 2.75) is 19.3 Å². The van der Waals surface area contributed by atoms with Gasteiger partial charge >= 0.3 is 0 Å². The van der Waals surface area contributed by atoms with E-state index in [1.807, 2.05) is 6.07 Å². The summed E-state index contributed by atoms with van der Waals surface area (Å²) in [6.07, 6.45) is 1.21. The fourth-order valence-corrected chi connectivity index (χ4v) is 3.16. The van der Waals surface area contributed by atoms with Gasteiger partial charge in [-0.15, -0.1) is 0 Å². The molecule has 82 valence electrons. The van der Waals surface area contributed by atoms with Crippen LogP contribution in [0.2, 0.25) is 0 Å². The summed E-state index contributed by atoms with van der Waals surface area (Å²) < 4.78 is 6.46. The number of ether oxygens (including phenoxy) is 1. The number of benzene rings is 1. The molecule has 1 fully saturated rings. The molecule has 1 aromatic rings. The molecule has 1 aliphatic rings. The van der Waals surface area contributed by atoms with Crippen LogP contribution in [0.5, 0.6) is 5.75 Å². The van der Waals surface area contributed by atoms with Crippen LogP contribution >= 0.6 is 15.9 Å². The Hall–Kier alpha value is -0.540. The molecule has 15 heavy (non-hydrogen) atoms. The number of hydrogen-bond acceptors (Lipinski definition) is 2. The summed E-state index contributed by atoms with van der Waals surface area (Å²) in [5.74, 6) is 1.55. The standard InChI is InChI=1S/C12H16BrNO/c1-8-3-4-10(15-2)12(13)11(8)9-5-6-14-7-9/h3-4,9,14H,5-7H2,1-2H3. The Kier molecular flexibility index (Phi) is 3.32. The Morgan fingerprint density at radius 2 is 2.27 bits per heavy atom. The van der Waals surface area contributed by atoms with Gasteiger partial charge < -0.3 is 10.1 Å². The van der Waals surface area contributed by atoms with Crippen LogP contribution in [0.3, 0.4) is 0 Å². The molecule has 1 saturated heterocycles. The molecule has 1 N–H and O–H groups in total. The molecule has 0 amide bonds. The summed E-state index contributed by atoms with van der Waals surface area (Å²) >= 11 is 3.65. The highest BCUT2D eigenvalue weighted by Gasteiger charge is 2.22. The third-order valence-electron chi connectivity index (χ3n) is 3.05. The van der Waals surface area contributed by atoms with Crippen LogP contribution in [0.15, 0.2) is 16.6 Å². The number of hydrogen-bond donors (Lipinski definition) is 1. The maximum atomic E-state index is 5.33. The molecule has 0 aromatic heterocycles. The summed E-state index contributed by atoms with van der Waals surface area (Å²) in [5.41, 5.74) is 2.75. The molecule has 0 radical (unpaired) electrons. The van der Waals surface area contributed by atoms with Crippen LogP contribution in [0.25, 0.3) is 0 Å². The highest BCUT2D eigenvalue weighted by Crippen LogP contribution is 2.37. The summed E-state index contributed by atoms with van der Waals surface area (Å²) in [4.78, 5) is 0. The fraction of sp³-hybridized carbons (Fsp3) is 0.500. The Balaban J connectivity index is 2.43. The molecular formula is C12H16BrNO. The van der Waals surface area contributed by atoms with Crippen molar-refractivity contribution in [2.75, 3.05) is 20.2 Å². The van der Waals surface area contributed by atoms with Gasteiger partial charge in [0.25, 0.3) is 0 Å². The number of methoxy groups -OCH3 is 1. The van der Waals surface area contributed by atoms with Crippen LogP contribution in [0, 0.1) is 6.92 Å². The maximum Gasteiger partial charge on any atom is 0.133 e. The van der Waals surface area contributed by atoms with Gasteiger partial charge in [-0.1, -0.05) is 6.07 Å². The predicted molar refractivity (Wildman–Crippen MR) is 65.7 cm³/mol. The van der Waals surface area contributed by atoms with Crippen LogP contribution < -0.4 is 10.1 Å². The quantitative estimate of drug-likeness (QED) is 0.892. The monoisotopic (exact) mass is 269 g/mol. The first-order chi connectivity index (χ1) is 7.24. The molecule has 1 atom stereocenters. The normalized spacial score (nSPS) is 20.6. The molecule has 3 heteroatoms. The van der Waals surface area contributed by atoms with Crippen molar-refractivity contribution >= 4 is 15.9 Å². The first-order valence-corrected chi connectivity index (χ1v) is 6.07. The molecule has 0 bridgehead atoms. The molecule has 2 nitrogen and oxygen atoms in total. The first kappa shape index (κ1) is 11.0. The minimum atomic E-state index is 0.620. The van der Waals surface area contributed by atoms with E-state index < -0.39 is 0 Å². The largest absolute Gasteiger partial charge is 0.496 e. The summed E-state index contributed by atoms with van der Waals surface area (Å²) in [7, 11) is 1.71. The van der Waals surface area contributed by atoms with Gasteiger partial charge in [-0.3, -0.25) is 0 Å². The lowest BCUT2D eigenvalue weighted by Gasteiger charge is -2.17. The molecule has 0 saturated carbocycles. The zero-order valence-corrected chi connectivity index (χ0v) is 10.7. The van der Waals surface area contributed by atoms with E-state index in [0.717, 1.165) is 23.3 Å². The maximum absolute atomic E-state index is 5.33. The van der Waals surface area contributed by atoms with E-state index in [1.165, 1.54) is 17.5 Å². The average molecular weight is 270 g/mol. The number of aryl methyl sites for hydroxylation is 1. The van der Waals surface area contributed by atoms with Gasteiger partial charge in [0, 0.05) is 6.54 Å². The van der Waals surface area contributed by atoms with Crippen molar-refractivity contribution in [2.24, 2.45) is 0 Å². The van der Waals surface area contributed by atoms with Gasteiger partial charge in [0.15, 0.2) is 0 Å². The van der Waals surface area contributed by atoms with Crippen LogP contribution in [-0.2, 0) is 0 Å². The lowest BCUT2D eigenvalue weighted by Crippen LogP contribution is -2.09. The topological polar surface area (TPSA) is 21.3 Å².